The molecule has 0 aliphatic carbocycles. The zero-order valence-electron chi connectivity index (χ0n) is 11.5. The Morgan fingerprint density at radius 2 is 1.94 bits per heavy atom. The summed E-state index contributed by atoms with van der Waals surface area (Å²) in [5.41, 5.74) is 0. The van der Waals surface area contributed by atoms with Crippen LogP contribution in [0.5, 0.6) is 0 Å². The molecule has 0 bridgehead atoms. The SMILES string of the molecule is CCCc1nc(Cl)cc(NCCN(CC)CC)n1. The summed E-state index contributed by atoms with van der Waals surface area (Å²) in [6, 6.07) is 1.78. The smallest absolute Gasteiger partial charge is 0.134 e. The third-order valence-electron chi connectivity index (χ3n) is 2.84. The van der Waals surface area contributed by atoms with Gasteiger partial charge in [-0.05, 0) is 19.5 Å². The molecule has 0 atom stereocenters. The van der Waals surface area contributed by atoms with E-state index < -0.39 is 0 Å². The summed E-state index contributed by atoms with van der Waals surface area (Å²) in [6.07, 6.45) is 1.89. The van der Waals surface area contributed by atoms with Crippen molar-refractivity contribution in [2.75, 3.05) is 31.5 Å². The van der Waals surface area contributed by atoms with Crippen molar-refractivity contribution >= 4 is 17.4 Å². The fraction of sp³-hybridized carbons (Fsp3) is 0.692. The Balaban J connectivity index is 2.51. The van der Waals surface area contributed by atoms with Crippen molar-refractivity contribution in [3.8, 4) is 0 Å². The lowest BCUT2D eigenvalue weighted by molar-refractivity contribution is 0.316. The molecule has 0 fully saturated rings. The molecule has 0 unspecified atom stereocenters. The van der Waals surface area contributed by atoms with Crippen molar-refractivity contribution < 1.29 is 0 Å². The molecule has 1 heterocycles. The fourth-order valence-electron chi connectivity index (χ4n) is 1.77. The highest BCUT2D eigenvalue weighted by atomic mass is 35.5. The van der Waals surface area contributed by atoms with E-state index in [0.29, 0.717) is 5.15 Å². The molecule has 0 spiro atoms. The summed E-state index contributed by atoms with van der Waals surface area (Å²) in [4.78, 5) is 11.0. The minimum Gasteiger partial charge on any atom is -0.369 e. The number of hydrogen-bond acceptors (Lipinski definition) is 4. The second-order valence-corrected chi connectivity index (χ2v) is 4.58. The number of rotatable bonds is 8. The number of likely N-dealkylation sites (N-methyl/N-ethyl adjacent to an activating group) is 1. The molecule has 1 aromatic rings. The molecule has 1 N–H and O–H groups in total. The van der Waals surface area contributed by atoms with E-state index in [9.17, 15) is 0 Å². The number of nitrogens with zero attached hydrogens (tertiary/aromatic N) is 3. The zero-order valence-corrected chi connectivity index (χ0v) is 12.3. The maximum atomic E-state index is 5.98. The Hall–Kier alpha value is -0.870. The number of anilines is 1. The van der Waals surface area contributed by atoms with Crippen LogP contribution in [-0.2, 0) is 6.42 Å². The Labute approximate surface area is 115 Å². The van der Waals surface area contributed by atoms with Gasteiger partial charge in [-0.1, -0.05) is 32.4 Å². The molecular weight excluding hydrogens is 248 g/mol. The van der Waals surface area contributed by atoms with Crippen molar-refractivity contribution in [2.24, 2.45) is 0 Å². The topological polar surface area (TPSA) is 41.1 Å². The van der Waals surface area contributed by atoms with Crippen molar-refractivity contribution in [1.29, 1.82) is 0 Å². The average molecular weight is 271 g/mol. The van der Waals surface area contributed by atoms with Crippen LogP contribution in [0.4, 0.5) is 5.82 Å². The van der Waals surface area contributed by atoms with E-state index in [4.69, 9.17) is 11.6 Å². The lowest BCUT2D eigenvalue weighted by Crippen LogP contribution is -2.28. The molecule has 0 amide bonds. The Kier molecular flexibility index (Phi) is 6.98. The van der Waals surface area contributed by atoms with Gasteiger partial charge in [-0.2, -0.15) is 0 Å². The molecule has 0 aromatic carbocycles. The van der Waals surface area contributed by atoms with Gasteiger partial charge in [-0.15, -0.1) is 0 Å². The summed E-state index contributed by atoms with van der Waals surface area (Å²) in [6.45, 7) is 10.5. The summed E-state index contributed by atoms with van der Waals surface area (Å²) in [5.74, 6) is 1.64. The summed E-state index contributed by atoms with van der Waals surface area (Å²) < 4.78 is 0. The van der Waals surface area contributed by atoms with E-state index >= 15 is 0 Å². The van der Waals surface area contributed by atoms with Gasteiger partial charge < -0.3 is 10.2 Å². The van der Waals surface area contributed by atoms with Gasteiger partial charge in [0.25, 0.3) is 0 Å². The van der Waals surface area contributed by atoms with Crippen LogP contribution < -0.4 is 5.32 Å². The largest absolute Gasteiger partial charge is 0.369 e. The van der Waals surface area contributed by atoms with Crippen LogP contribution >= 0.6 is 11.6 Å². The van der Waals surface area contributed by atoms with Gasteiger partial charge in [-0.3, -0.25) is 0 Å². The first-order chi connectivity index (χ1) is 8.69. The molecule has 102 valence electrons. The normalized spacial score (nSPS) is 10.9. The predicted octanol–water partition coefficient (Wildman–Crippen LogP) is 2.84. The number of aryl methyl sites for hydroxylation is 1. The van der Waals surface area contributed by atoms with Gasteiger partial charge in [0.05, 0.1) is 0 Å². The standard InChI is InChI=1S/C13H23ClN4/c1-4-7-12-16-11(14)10-13(17-12)15-8-9-18(5-2)6-3/h10H,4-9H2,1-3H3,(H,15,16,17). The monoisotopic (exact) mass is 270 g/mol. The van der Waals surface area contributed by atoms with E-state index in [-0.39, 0.29) is 0 Å². The predicted molar refractivity (Wildman–Crippen MR) is 77.3 cm³/mol. The van der Waals surface area contributed by atoms with Crippen LogP contribution in [0.25, 0.3) is 0 Å². The third-order valence-corrected chi connectivity index (χ3v) is 3.04. The highest BCUT2D eigenvalue weighted by Gasteiger charge is 2.03. The molecule has 4 nitrogen and oxygen atoms in total. The quantitative estimate of drug-likeness (QED) is 0.738. The maximum absolute atomic E-state index is 5.98. The molecule has 5 heteroatoms. The number of halogens is 1. The molecule has 1 rings (SSSR count). The summed E-state index contributed by atoms with van der Waals surface area (Å²) in [7, 11) is 0. The van der Waals surface area contributed by atoms with Crippen molar-refractivity contribution in [1.82, 2.24) is 14.9 Å². The lowest BCUT2D eigenvalue weighted by Gasteiger charge is -2.18. The van der Waals surface area contributed by atoms with Crippen LogP contribution in [0.1, 0.15) is 33.0 Å². The second-order valence-electron chi connectivity index (χ2n) is 4.20. The zero-order chi connectivity index (χ0) is 13.4. The van der Waals surface area contributed by atoms with E-state index in [1.54, 1.807) is 6.07 Å². The summed E-state index contributed by atoms with van der Waals surface area (Å²) >= 11 is 5.98. The van der Waals surface area contributed by atoms with Crippen molar-refractivity contribution in [2.45, 2.75) is 33.6 Å². The molecule has 0 aliphatic rings. The van der Waals surface area contributed by atoms with E-state index in [1.807, 2.05) is 0 Å². The van der Waals surface area contributed by atoms with Crippen molar-refractivity contribution in [3.63, 3.8) is 0 Å². The van der Waals surface area contributed by atoms with Gasteiger partial charge in [0.15, 0.2) is 0 Å². The Morgan fingerprint density at radius 3 is 2.56 bits per heavy atom. The Morgan fingerprint density at radius 1 is 1.22 bits per heavy atom. The van der Waals surface area contributed by atoms with E-state index in [0.717, 1.165) is 50.7 Å². The van der Waals surface area contributed by atoms with Crippen molar-refractivity contribution in [3.05, 3.63) is 17.0 Å². The van der Waals surface area contributed by atoms with Gasteiger partial charge >= 0.3 is 0 Å². The highest BCUT2D eigenvalue weighted by molar-refractivity contribution is 6.29. The first kappa shape index (κ1) is 15.2. The molecule has 0 aliphatic heterocycles. The van der Waals surface area contributed by atoms with Crippen LogP contribution in [-0.4, -0.2) is 41.0 Å². The molecule has 18 heavy (non-hydrogen) atoms. The van der Waals surface area contributed by atoms with Gasteiger partial charge in [0.2, 0.25) is 0 Å². The molecule has 0 radical (unpaired) electrons. The lowest BCUT2D eigenvalue weighted by atomic mass is 10.3. The molecular formula is C13H23ClN4. The van der Waals surface area contributed by atoms with Gasteiger partial charge in [0, 0.05) is 25.6 Å². The first-order valence-corrected chi connectivity index (χ1v) is 7.07. The third kappa shape index (κ3) is 5.19. The van der Waals surface area contributed by atoms with Gasteiger partial charge in [0.1, 0.15) is 16.8 Å². The first-order valence-electron chi connectivity index (χ1n) is 6.69. The van der Waals surface area contributed by atoms with Crippen LogP contribution in [0.2, 0.25) is 5.15 Å². The number of hydrogen-bond donors (Lipinski definition) is 1. The summed E-state index contributed by atoms with van der Waals surface area (Å²) in [5, 5.41) is 3.82. The average Bonchev–Trinajstić information content (AvgIpc) is 2.34. The van der Waals surface area contributed by atoms with Gasteiger partial charge in [-0.25, -0.2) is 9.97 Å². The number of aromatic nitrogens is 2. The minimum absolute atomic E-state index is 0.513. The molecule has 0 saturated heterocycles. The van der Waals surface area contributed by atoms with E-state index in [2.05, 4.69) is 41.0 Å². The van der Waals surface area contributed by atoms with Crippen LogP contribution in [0.3, 0.4) is 0 Å². The molecule has 0 saturated carbocycles. The Bertz CT molecular complexity index is 353. The van der Waals surface area contributed by atoms with E-state index in [1.165, 1.54) is 0 Å². The highest BCUT2D eigenvalue weighted by Crippen LogP contribution is 2.12. The van der Waals surface area contributed by atoms with Crippen LogP contribution in [0.15, 0.2) is 6.07 Å². The van der Waals surface area contributed by atoms with Crippen LogP contribution in [0, 0.1) is 0 Å². The maximum Gasteiger partial charge on any atom is 0.134 e. The number of nitrogens with one attached hydrogen (secondary N) is 1. The fourth-order valence-corrected chi connectivity index (χ4v) is 1.97. The molecule has 1 aromatic heterocycles. The minimum atomic E-state index is 0.513. The second kappa shape index (κ2) is 8.27.